The molecule has 0 amide bonds. The first kappa shape index (κ1) is 15.3. The summed E-state index contributed by atoms with van der Waals surface area (Å²) in [5.41, 5.74) is 1.44. The van der Waals surface area contributed by atoms with E-state index in [0.717, 1.165) is 24.1 Å². The number of ether oxygens (including phenoxy) is 1. The molecule has 0 bridgehead atoms. The van der Waals surface area contributed by atoms with Crippen LogP contribution in [0.3, 0.4) is 0 Å². The molecule has 0 saturated carbocycles. The first-order chi connectivity index (χ1) is 9.37. The minimum atomic E-state index is -3.47. The highest BCUT2D eigenvalue weighted by atomic mass is 32.2. The summed E-state index contributed by atoms with van der Waals surface area (Å²) < 4.78 is 32.3. The van der Waals surface area contributed by atoms with Crippen LogP contribution >= 0.6 is 0 Å². The molecule has 1 aromatic rings. The molecule has 1 aliphatic rings. The summed E-state index contributed by atoms with van der Waals surface area (Å²) in [6.45, 7) is 5.20. The highest BCUT2D eigenvalue weighted by Gasteiger charge is 2.32. The van der Waals surface area contributed by atoms with Crippen molar-refractivity contribution in [2.75, 3.05) is 27.2 Å². The third kappa shape index (κ3) is 2.68. The lowest BCUT2D eigenvalue weighted by Gasteiger charge is -2.25. The van der Waals surface area contributed by atoms with Crippen molar-refractivity contribution >= 4 is 10.0 Å². The van der Waals surface area contributed by atoms with E-state index in [9.17, 15) is 8.42 Å². The van der Waals surface area contributed by atoms with Gasteiger partial charge in [-0.25, -0.2) is 8.42 Å². The maximum atomic E-state index is 12.8. The van der Waals surface area contributed by atoms with Gasteiger partial charge in [-0.05, 0) is 50.1 Å². The second-order valence-electron chi connectivity index (χ2n) is 5.26. The number of benzene rings is 1. The van der Waals surface area contributed by atoms with Gasteiger partial charge in [0.05, 0.1) is 12.0 Å². The van der Waals surface area contributed by atoms with Crippen LogP contribution < -0.4 is 10.1 Å². The number of rotatable bonds is 4. The number of methoxy groups -OCH3 is 1. The van der Waals surface area contributed by atoms with Gasteiger partial charge in [0.15, 0.2) is 0 Å². The van der Waals surface area contributed by atoms with E-state index in [-0.39, 0.29) is 6.04 Å². The van der Waals surface area contributed by atoms with Crippen LogP contribution in [0.1, 0.15) is 17.5 Å². The lowest BCUT2D eigenvalue weighted by Crippen LogP contribution is -2.38. The first-order valence-corrected chi connectivity index (χ1v) is 8.16. The monoisotopic (exact) mass is 298 g/mol. The quantitative estimate of drug-likeness (QED) is 0.910. The normalized spacial score (nSPS) is 19.6. The molecule has 20 heavy (non-hydrogen) atoms. The highest BCUT2D eigenvalue weighted by Crippen LogP contribution is 2.29. The van der Waals surface area contributed by atoms with Gasteiger partial charge in [0, 0.05) is 19.6 Å². The molecule has 6 heteroatoms. The summed E-state index contributed by atoms with van der Waals surface area (Å²) in [5, 5.41) is 3.20. The maximum Gasteiger partial charge on any atom is 0.243 e. The molecule has 1 N–H and O–H groups in total. The standard InChI is InChI=1S/C14H22N2O3S/c1-10-7-13(19-4)8-11(2)14(10)20(17,18)16(3)12-5-6-15-9-12/h7-8,12,15H,5-6,9H2,1-4H3/t12-/m0/s1. The van der Waals surface area contributed by atoms with Crippen LogP contribution in [-0.4, -0.2) is 46.0 Å². The van der Waals surface area contributed by atoms with Crippen molar-refractivity contribution in [1.82, 2.24) is 9.62 Å². The van der Waals surface area contributed by atoms with E-state index in [1.54, 1.807) is 26.3 Å². The molecule has 2 rings (SSSR count). The molecule has 0 aromatic heterocycles. The molecule has 1 aromatic carbocycles. The van der Waals surface area contributed by atoms with E-state index in [1.807, 2.05) is 13.8 Å². The predicted octanol–water partition coefficient (Wildman–Crippen LogP) is 1.29. The Kier molecular flexibility index (Phi) is 4.36. The molecule has 1 saturated heterocycles. The maximum absolute atomic E-state index is 12.8. The fourth-order valence-corrected chi connectivity index (χ4v) is 4.52. The Balaban J connectivity index is 2.43. The number of hydrogen-bond donors (Lipinski definition) is 1. The molecule has 0 unspecified atom stereocenters. The average molecular weight is 298 g/mol. The lowest BCUT2D eigenvalue weighted by molar-refractivity contribution is 0.386. The predicted molar refractivity (Wildman–Crippen MR) is 78.7 cm³/mol. The Morgan fingerprint density at radius 3 is 2.35 bits per heavy atom. The fraction of sp³-hybridized carbons (Fsp3) is 0.571. The number of aryl methyl sites for hydroxylation is 2. The molecule has 0 spiro atoms. The third-order valence-electron chi connectivity index (χ3n) is 3.86. The highest BCUT2D eigenvalue weighted by molar-refractivity contribution is 7.89. The van der Waals surface area contributed by atoms with Crippen LogP contribution in [0, 0.1) is 13.8 Å². The van der Waals surface area contributed by atoms with E-state index in [1.165, 1.54) is 4.31 Å². The lowest BCUT2D eigenvalue weighted by atomic mass is 10.1. The minimum absolute atomic E-state index is 0.0286. The Hall–Kier alpha value is -1.11. The van der Waals surface area contributed by atoms with E-state index in [2.05, 4.69) is 5.32 Å². The van der Waals surface area contributed by atoms with Gasteiger partial charge >= 0.3 is 0 Å². The molecule has 5 nitrogen and oxygen atoms in total. The number of hydrogen-bond acceptors (Lipinski definition) is 4. The SMILES string of the molecule is COc1cc(C)c(S(=O)(=O)N(C)[C@H]2CCNC2)c(C)c1. The summed E-state index contributed by atoms with van der Waals surface area (Å²) >= 11 is 0. The summed E-state index contributed by atoms with van der Waals surface area (Å²) in [6, 6.07) is 3.56. The number of likely N-dealkylation sites (N-methyl/N-ethyl adjacent to an activating group) is 1. The average Bonchev–Trinajstić information content (AvgIpc) is 2.90. The van der Waals surface area contributed by atoms with Crippen molar-refractivity contribution in [3.8, 4) is 5.75 Å². The smallest absolute Gasteiger partial charge is 0.243 e. The molecule has 1 heterocycles. The minimum Gasteiger partial charge on any atom is -0.497 e. The van der Waals surface area contributed by atoms with Crippen molar-refractivity contribution in [1.29, 1.82) is 0 Å². The first-order valence-electron chi connectivity index (χ1n) is 6.72. The topological polar surface area (TPSA) is 58.6 Å². The fourth-order valence-electron chi connectivity index (χ4n) is 2.73. The van der Waals surface area contributed by atoms with Crippen LogP contribution in [0.25, 0.3) is 0 Å². The van der Waals surface area contributed by atoms with Crippen LogP contribution in [0.2, 0.25) is 0 Å². The van der Waals surface area contributed by atoms with Crippen molar-refractivity contribution in [3.05, 3.63) is 23.3 Å². The third-order valence-corrected chi connectivity index (χ3v) is 6.07. The summed E-state index contributed by atoms with van der Waals surface area (Å²) in [6.07, 6.45) is 0.851. The zero-order valence-corrected chi connectivity index (χ0v) is 13.3. The Morgan fingerprint density at radius 2 is 1.90 bits per heavy atom. The Bertz CT molecular complexity index is 569. The van der Waals surface area contributed by atoms with Gasteiger partial charge in [0.25, 0.3) is 0 Å². The Morgan fingerprint density at radius 1 is 1.30 bits per heavy atom. The molecule has 1 aliphatic heterocycles. The molecular formula is C14H22N2O3S. The van der Waals surface area contributed by atoms with Gasteiger partial charge in [-0.1, -0.05) is 0 Å². The van der Waals surface area contributed by atoms with Crippen molar-refractivity contribution < 1.29 is 13.2 Å². The van der Waals surface area contributed by atoms with Gasteiger partial charge < -0.3 is 10.1 Å². The second-order valence-corrected chi connectivity index (χ2v) is 7.19. The number of sulfonamides is 1. The number of nitrogens with zero attached hydrogens (tertiary/aromatic N) is 1. The van der Waals surface area contributed by atoms with Gasteiger partial charge in [-0.15, -0.1) is 0 Å². The van der Waals surface area contributed by atoms with E-state index in [0.29, 0.717) is 17.2 Å². The molecule has 0 radical (unpaired) electrons. The molecule has 1 fully saturated rings. The molecule has 0 aliphatic carbocycles. The van der Waals surface area contributed by atoms with Gasteiger partial charge in [0.1, 0.15) is 5.75 Å². The van der Waals surface area contributed by atoms with Crippen LogP contribution in [0.5, 0.6) is 5.75 Å². The van der Waals surface area contributed by atoms with Gasteiger partial charge in [-0.2, -0.15) is 4.31 Å². The summed E-state index contributed by atoms with van der Waals surface area (Å²) in [5.74, 6) is 0.684. The van der Waals surface area contributed by atoms with E-state index >= 15 is 0 Å². The van der Waals surface area contributed by atoms with Crippen molar-refractivity contribution in [3.63, 3.8) is 0 Å². The Labute approximate surface area is 121 Å². The van der Waals surface area contributed by atoms with Gasteiger partial charge in [0.2, 0.25) is 10.0 Å². The molecular weight excluding hydrogens is 276 g/mol. The zero-order chi connectivity index (χ0) is 14.9. The largest absolute Gasteiger partial charge is 0.497 e. The van der Waals surface area contributed by atoms with Crippen LogP contribution in [0.15, 0.2) is 17.0 Å². The molecule has 112 valence electrons. The van der Waals surface area contributed by atoms with Crippen LogP contribution in [0.4, 0.5) is 0 Å². The summed E-state index contributed by atoms with van der Waals surface area (Å²) in [7, 11) is -0.226. The van der Waals surface area contributed by atoms with E-state index < -0.39 is 10.0 Å². The van der Waals surface area contributed by atoms with Crippen molar-refractivity contribution in [2.24, 2.45) is 0 Å². The molecule has 1 atom stereocenters. The van der Waals surface area contributed by atoms with E-state index in [4.69, 9.17) is 4.74 Å². The summed E-state index contributed by atoms with van der Waals surface area (Å²) in [4.78, 5) is 0.396. The van der Waals surface area contributed by atoms with Crippen LogP contribution in [-0.2, 0) is 10.0 Å². The second kappa shape index (κ2) is 5.71. The number of nitrogens with one attached hydrogen (secondary N) is 1. The van der Waals surface area contributed by atoms with Gasteiger partial charge in [-0.3, -0.25) is 0 Å². The van der Waals surface area contributed by atoms with Crippen molar-refractivity contribution in [2.45, 2.75) is 31.2 Å². The zero-order valence-electron chi connectivity index (χ0n) is 12.4.